The van der Waals surface area contributed by atoms with Crippen LogP contribution in [0.2, 0.25) is 0 Å². The fourth-order valence-electron chi connectivity index (χ4n) is 1.00. The van der Waals surface area contributed by atoms with Crippen molar-refractivity contribution < 1.29 is 52.0 Å². The average molecular weight is 263 g/mol. The second kappa shape index (κ2) is 10.9. The Labute approximate surface area is 119 Å². The predicted octanol–water partition coefficient (Wildman–Crippen LogP) is -3.13. The normalized spacial score (nSPS) is 11.5. The van der Waals surface area contributed by atoms with Crippen molar-refractivity contribution in [3.05, 3.63) is 0 Å². The molecule has 1 N–H and O–H groups in total. The van der Waals surface area contributed by atoms with Crippen LogP contribution in [0.3, 0.4) is 0 Å². The van der Waals surface area contributed by atoms with Crippen LogP contribution in [0.25, 0.3) is 0 Å². The van der Waals surface area contributed by atoms with E-state index in [2.05, 4.69) is 5.32 Å². The Hall–Kier alpha value is 0.790. The topological polar surface area (TPSA) is 87.7 Å². The van der Waals surface area contributed by atoms with Crippen molar-refractivity contribution in [3.63, 3.8) is 0 Å². The molecule has 8 heteroatoms. The summed E-state index contributed by atoms with van der Waals surface area (Å²) in [4.78, 5) is 0. The van der Waals surface area contributed by atoms with Crippen LogP contribution in [-0.4, -0.2) is 44.9 Å². The molecule has 0 atom stereocenters. The largest absolute Gasteiger partial charge is 1.00 e. The van der Waals surface area contributed by atoms with E-state index in [9.17, 15) is 13.0 Å². The molecule has 92 valence electrons. The van der Waals surface area contributed by atoms with Gasteiger partial charge in [-0.15, -0.1) is 0 Å². The maximum absolute atomic E-state index is 10.2. The minimum atomic E-state index is -4.19. The molecular formula is C8H18NNaO5S. The summed E-state index contributed by atoms with van der Waals surface area (Å²) < 4.78 is 41.2. The Balaban J connectivity index is 0. The van der Waals surface area contributed by atoms with Crippen LogP contribution in [0.1, 0.15) is 20.3 Å². The molecule has 0 radical (unpaired) electrons. The monoisotopic (exact) mass is 263 g/mol. The Kier molecular flexibility index (Phi) is 13.1. The zero-order chi connectivity index (χ0) is 11.7. The second-order valence-corrected chi connectivity index (χ2v) is 4.23. The molecule has 0 bridgehead atoms. The Morgan fingerprint density at radius 3 is 2.12 bits per heavy atom. The summed E-state index contributed by atoms with van der Waals surface area (Å²) in [5.74, 6) is -0.558. The van der Waals surface area contributed by atoms with Crippen molar-refractivity contribution in [2.24, 2.45) is 0 Å². The Bertz CT molecular complexity index is 241. The van der Waals surface area contributed by atoms with Gasteiger partial charge in [0, 0.05) is 26.2 Å². The van der Waals surface area contributed by atoms with Crippen LogP contribution in [0.15, 0.2) is 0 Å². The van der Waals surface area contributed by atoms with Gasteiger partial charge in [0.15, 0.2) is 6.29 Å². The smallest absolute Gasteiger partial charge is 0.747 e. The number of ether oxygens (including phenoxy) is 2. The van der Waals surface area contributed by atoms with Crippen LogP contribution >= 0.6 is 0 Å². The average Bonchev–Trinajstić information content (AvgIpc) is 2.11. The number of hydrogen-bond acceptors (Lipinski definition) is 6. The molecule has 0 aromatic carbocycles. The standard InChI is InChI=1S/C8H19NO5S.Na/c1-3-13-8(14-4-2)5-6-9-7-15(10,11)12;/h8-9H,3-7H2,1-2H3,(H,10,11,12);/q;+1/p-1. The molecule has 6 nitrogen and oxygen atoms in total. The molecule has 0 saturated carbocycles. The van der Waals surface area contributed by atoms with Crippen LogP contribution < -0.4 is 34.9 Å². The summed E-state index contributed by atoms with van der Waals surface area (Å²) in [6.45, 7) is 5.13. The predicted molar refractivity (Wildman–Crippen MR) is 54.2 cm³/mol. The van der Waals surface area contributed by atoms with Gasteiger partial charge >= 0.3 is 29.6 Å². The first-order valence-corrected chi connectivity index (χ1v) is 6.44. The minimum absolute atomic E-state index is 0. The molecule has 0 aromatic rings. The molecule has 0 saturated heterocycles. The molecule has 0 aliphatic heterocycles. The van der Waals surface area contributed by atoms with E-state index in [0.717, 1.165) is 0 Å². The molecule has 0 unspecified atom stereocenters. The SMILES string of the molecule is CCOC(CCNCS(=O)(=O)[O-])OCC.[Na+]. The van der Waals surface area contributed by atoms with E-state index in [0.29, 0.717) is 26.2 Å². The van der Waals surface area contributed by atoms with Gasteiger partial charge in [0.1, 0.15) is 10.1 Å². The van der Waals surface area contributed by atoms with Crippen molar-refractivity contribution >= 4 is 10.1 Å². The van der Waals surface area contributed by atoms with Gasteiger partial charge in [0.05, 0.1) is 5.88 Å². The maximum atomic E-state index is 10.2. The van der Waals surface area contributed by atoms with Crippen LogP contribution in [0, 0.1) is 0 Å². The second-order valence-electron chi connectivity index (χ2n) is 2.83. The van der Waals surface area contributed by atoms with Gasteiger partial charge in [-0.2, -0.15) is 0 Å². The molecule has 0 aromatic heterocycles. The first-order valence-electron chi connectivity index (χ1n) is 4.87. The summed E-state index contributed by atoms with van der Waals surface area (Å²) in [5.41, 5.74) is 0. The van der Waals surface area contributed by atoms with Gasteiger partial charge in [-0.25, -0.2) is 8.42 Å². The van der Waals surface area contributed by atoms with E-state index in [1.807, 2.05) is 13.8 Å². The molecule has 0 fully saturated rings. The summed E-state index contributed by atoms with van der Waals surface area (Å²) >= 11 is 0. The first-order chi connectivity index (χ1) is 6.99. The summed E-state index contributed by atoms with van der Waals surface area (Å²) in [6.07, 6.45) is 0.166. The number of hydrogen-bond donors (Lipinski definition) is 1. The molecule has 0 rings (SSSR count). The van der Waals surface area contributed by atoms with E-state index < -0.39 is 16.0 Å². The molecule has 0 spiro atoms. The number of nitrogens with one attached hydrogen (secondary N) is 1. The minimum Gasteiger partial charge on any atom is -0.747 e. The Morgan fingerprint density at radius 2 is 1.75 bits per heavy atom. The van der Waals surface area contributed by atoms with Gasteiger partial charge in [-0.3, -0.25) is 0 Å². The van der Waals surface area contributed by atoms with Gasteiger partial charge in [-0.05, 0) is 13.8 Å². The zero-order valence-corrected chi connectivity index (χ0v) is 12.9. The summed E-state index contributed by atoms with van der Waals surface area (Å²) in [7, 11) is -4.19. The quantitative estimate of drug-likeness (QED) is 0.205. The third-order valence-corrected chi connectivity index (χ3v) is 2.10. The van der Waals surface area contributed by atoms with Crippen LogP contribution in [0.4, 0.5) is 0 Å². The van der Waals surface area contributed by atoms with Crippen molar-refractivity contribution in [3.8, 4) is 0 Å². The molecule has 16 heavy (non-hydrogen) atoms. The maximum Gasteiger partial charge on any atom is 1.00 e. The third-order valence-electron chi connectivity index (χ3n) is 1.54. The van der Waals surface area contributed by atoms with E-state index >= 15 is 0 Å². The van der Waals surface area contributed by atoms with Gasteiger partial charge in [-0.1, -0.05) is 0 Å². The van der Waals surface area contributed by atoms with E-state index in [1.165, 1.54) is 0 Å². The van der Waals surface area contributed by atoms with Crippen molar-refractivity contribution in [1.82, 2.24) is 5.32 Å². The van der Waals surface area contributed by atoms with Gasteiger partial charge < -0.3 is 19.3 Å². The van der Waals surface area contributed by atoms with Crippen molar-refractivity contribution in [1.29, 1.82) is 0 Å². The summed E-state index contributed by atoms with van der Waals surface area (Å²) in [6, 6.07) is 0. The number of rotatable bonds is 9. The fourth-order valence-corrected chi connectivity index (χ4v) is 1.40. The third kappa shape index (κ3) is 12.9. The first kappa shape index (κ1) is 19.1. The molecule has 0 amide bonds. The zero-order valence-electron chi connectivity index (χ0n) is 10.1. The summed E-state index contributed by atoms with van der Waals surface area (Å²) in [5, 5.41) is 2.51. The molecular weight excluding hydrogens is 245 g/mol. The van der Waals surface area contributed by atoms with Gasteiger partial charge in [0.25, 0.3) is 0 Å². The van der Waals surface area contributed by atoms with Crippen molar-refractivity contribution in [2.75, 3.05) is 25.6 Å². The van der Waals surface area contributed by atoms with Crippen LogP contribution in [0.5, 0.6) is 0 Å². The fraction of sp³-hybridized carbons (Fsp3) is 1.00. The molecule has 0 aliphatic carbocycles. The van der Waals surface area contributed by atoms with Crippen molar-refractivity contribution in [2.45, 2.75) is 26.6 Å². The van der Waals surface area contributed by atoms with Crippen LogP contribution in [-0.2, 0) is 19.6 Å². The van der Waals surface area contributed by atoms with E-state index in [1.54, 1.807) is 0 Å². The Morgan fingerprint density at radius 1 is 1.25 bits per heavy atom. The van der Waals surface area contributed by atoms with E-state index in [4.69, 9.17) is 9.47 Å². The molecule has 0 heterocycles. The molecule has 0 aliphatic rings. The van der Waals surface area contributed by atoms with E-state index in [-0.39, 0.29) is 35.8 Å². The van der Waals surface area contributed by atoms with Gasteiger partial charge in [0.2, 0.25) is 0 Å².